The van der Waals surface area contributed by atoms with Crippen LogP contribution in [-0.4, -0.2) is 25.6 Å². The van der Waals surface area contributed by atoms with Crippen LogP contribution in [-0.2, 0) is 6.42 Å². The van der Waals surface area contributed by atoms with Crippen molar-refractivity contribution in [2.75, 3.05) is 24.6 Å². The van der Waals surface area contributed by atoms with Crippen molar-refractivity contribution in [3.8, 4) is 5.75 Å². The fourth-order valence-corrected chi connectivity index (χ4v) is 2.84. The third kappa shape index (κ3) is 4.23. The molecular formula is C20H22ClFN2O2. The molecule has 3 rings (SSSR count). The van der Waals surface area contributed by atoms with E-state index >= 15 is 0 Å². The zero-order valence-corrected chi connectivity index (χ0v) is 15.4. The van der Waals surface area contributed by atoms with Gasteiger partial charge in [0, 0.05) is 29.9 Å². The van der Waals surface area contributed by atoms with Crippen molar-refractivity contribution in [3.63, 3.8) is 0 Å². The van der Waals surface area contributed by atoms with Crippen molar-refractivity contribution in [2.24, 2.45) is 5.73 Å². The molecule has 1 aliphatic rings. The zero-order chi connectivity index (χ0) is 17.8. The Balaban J connectivity index is 0.00000243. The number of nitrogens with zero attached hydrogens (tertiary/aromatic N) is 1. The third-order valence-corrected chi connectivity index (χ3v) is 4.34. The summed E-state index contributed by atoms with van der Waals surface area (Å²) >= 11 is 0. The van der Waals surface area contributed by atoms with Crippen LogP contribution in [0.2, 0.25) is 0 Å². The third-order valence-electron chi connectivity index (χ3n) is 4.34. The van der Waals surface area contributed by atoms with E-state index in [0.29, 0.717) is 29.8 Å². The molecule has 4 nitrogen and oxygen atoms in total. The average Bonchev–Trinajstić information content (AvgIpc) is 2.64. The van der Waals surface area contributed by atoms with Crippen LogP contribution in [0.15, 0.2) is 54.4 Å². The number of ether oxygens (including phenoxy) is 1. The zero-order valence-electron chi connectivity index (χ0n) is 14.6. The Morgan fingerprint density at radius 1 is 1.27 bits per heavy atom. The topological polar surface area (TPSA) is 55.6 Å². The number of hydrogen-bond donors (Lipinski definition) is 1. The number of benzene rings is 2. The first-order valence-corrected chi connectivity index (χ1v) is 8.25. The second-order valence-corrected chi connectivity index (χ2v) is 6.12. The molecule has 0 radical (unpaired) electrons. The molecule has 0 aromatic heterocycles. The molecule has 0 fully saturated rings. The molecule has 0 spiro atoms. The number of anilines is 1. The SMILES string of the molecule is Cc1ccc(N2CCc3cc(OC/C(=C\F)CN)ccc3C2=O)cc1.Cl. The second-order valence-electron chi connectivity index (χ2n) is 6.12. The molecule has 0 aliphatic carbocycles. The fourth-order valence-electron chi connectivity index (χ4n) is 2.84. The molecule has 2 N–H and O–H groups in total. The highest BCUT2D eigenvalue weighted by molar-refractivity contribution is 6.08. The van der Waals surface area contributed by atoms with Gasteiger partial charge in [0.1, 0.15) is 12.4 Å². The lowest BCUT2D eigenvalue weighted by Gasteiger charge is -2.29. The van der Waals surface area contributed by atoms with E-state index in [9.17, 15) is 9.18 Å². The fraction of sp³-hybridized carbons (Fsp3) is 0.250. The van der Waals surface area contributed by atoms with E-state index in [1.165, 1.54) is 0 Å². The van der Waals surface area contributed by atoms with Gasteiger partial charge in [0.25, 0.3) is 5.91 Å². The maximum absolute atomic E-state index is 12.8. The Kier molecular flexibility index (Phi) is 6.77. The predicted molar refractivity (Wildman–Crippen MR) is 104 cm³/mol. The number of aryl methyl sites for hydroxylation is 1. The maximum Gasteiger partial charge on any atom is 0.258 e. The lowest BCUT2D eigenvalue weighted by atomic mass is 9.98. The molecule has 0 bridgehead atoms. The molecule has 0 unspecified atom stereocenters. The van der Waals surface area contributed by atoms with Crippen LogP contribution in [0.1, 0.15) is 21.5 Å². The normalized spacial score (nSPS) is 13.9. The van der Waals surface area contributed by atoms with E-state index < -0.39 is 0 Å². The number of hydrogen-bond acceptors (Lipinski definition) is 3. The Labute approximate surface area is 158 Å². The van der Waals surface area contributed by atoms with Gasteiger partial charge < -0.3 is 15.4 Å². The van der Waals surface area contributed by atoms with Gasteiger partial charge in [-0.15, -0.1) is 12.4 Å². The van der Waals surface area contributed by atoms with E-state index in [1.54, 1.807) is 17.0 Å². The molecule has 26 heavy (non-hydrogen) atoms. The average molecular weight is 377 g/mol. The van der Waals surface area contributed by atoms with E-state index in [4.69, 9.17) is 10.5 Å². The number of nitrogens with two attached hydrogens (primary N) is 1. The van der Waals surface area contributed by atoms with Crippen LogP contribution in [0.25, 0.3) is 0 Å². The maximum atomic E-state index is 12.8. The molecule has 0 saturated heterocycles. The van der Waals surface area contributed by atoms with Gasteiger partial charge in [-0.1, -0.05) is 17.7 Å². The van der Waals surface area contributed by atoms with E-state index in [-0.39, 0.29) is 31.5 Å². The van der Waals surface area contributed by atoms with Crippen molar-refractivity contribution >= 4 is 24.0 Å². The van der Waals surface area contributed by atoms with Gasteiger partial charge in [-0.05, 0) is 49.2 Å². The largest absolute Gasteiger partial charge is 0.489 e. The Morgan fingerprint density at radius 3 is 2.65 bits per heavy atom. The highest BCUT2D eigenvalue weighted by atomic mass is 35.5. The van der Waals surface area contributed by atoms with Crippen molar-refractivity contribution in [1.29, 1.82) is 0 Å². The molecular weight excluding hydrogens is 355 g/mol. The van der Waals surface area contributed by atoms with Gasteiger partial charge in [-0.3, -0.25) is 4.79 Å². The molecule has 1 heterocycles. The lowest BCUT2D eigenvalue weighted by molar-refractivity contribution is 0.0980. The Hall–Kier alpha value is -2.37. The first-order chi connectivity index (χ1) is 12.1. The molecule has 0 atom stereocenters. The number of rotatable bonds is 5. The first-order valence-electron chi connectivity index (χ1n) is 8.25. The molecule has 138 valence electrons. The Bertz CT molecular complexity index is 806. The van der Waals surface area contributed by atoms with Gasteiger partial charge >= 0.3 is 0 Å². The summed E-state index contributed by atoms with van der Waals surface area (Å²) in [5.41, 5.74) is 9.50. The van der Waals surface area contributed by atoms with Crippen molar-refractivity contribution in [1.82, 2.24) is 0 Å². The number of amides is 1. The molecule has 1 amide bonds. The summed E-state index contributed by atoms with van der Waals surface area (Å²) in [4.78, 5) is 14.6. The van der Waals surface area contributed by atoms with Gasteiger partial charge in [0.05, 0.1) is 6.33 Å². The molecule has 2 aromatic carbocycles. The standard InChI is InChI=1S/C20H21FN2O2.ClH/c1-14-2-4-17(5-3-14)23-9-8-16-10-18(6-7-19(16)20(23)24)25-13-15(11-21)12-22;/h2-7,10-11H,8-9,12-13,22H2,1H3;1H/b15-11-;. The highest BCUT2D eigenvalue weighted by Gasteiger charge is 2.25. The molecule has 2 aromatic rings. The quantitative estimate of drug-likeness (QED) is 0.863. The summed E-state index contributed by atoms with van der Waals surface area (Å²) in [5.74, 6) is 0.603. The Morgan fingerprint density at radius 2 is 2.00 bits per heavy atom. The highest BCUT2D eigenvalue weighted by Crippen LogP contribution is 2.27. The van der Waals surface area contributed by atoms with Gasteiger partial charge in [-0.2, -0.15) is 0 Å². The molecule has 1 aliphatic heterocycles. The first kappa shape index (κ1) is 19.9. The second kappa shape index (κ2) is 8.83. The minimum absolute atomic E-state index is 0. The molecule has 0 saturated carbocycles. The van der Waals surface area contributed by atoms with E-state index in [0.717, 1.165) is 23.2 Å². The summed E-state index contributed by atoms with van der Waals surface area (Å²) in [7, 11) is 0. The summed E-state index contributed by atoms with van der Waals surface area (Å²) in [6.45, 7) is 2.87. The van der Waals surface area contributed by atoms with Crippen LogP contribution in [0.5, 0.6) is 5.75 Å². The van der Waals surface area contributed by atoms with E-state index in [2.05, 4.69) is 0 Å². The number of carbonyl (C=O) groups excluding carboxylic acids is 1. The summed E-state index contributed by atoms with van der Waals surface area (Å²) in [6.07, 6.45) is 1.22. The smallest absolute Gasteiger partial charge is 0.258 e. The van der Waals surface area contributed by atoms with Gasteiger partial charge in [0.15, 0.2) is 0 Å². The van der Waals surface area contributed by atoms with Crippen molar-refractivity contribution in [3.05, 3.63) is 71.1 Å². The van der Waals surface area contributed by atoms with Crippen LogP contribution in [0.4, 0.5) is 10.1 Å². The van der Waals surface area contributed by atoms with E-state index in [1.807, 2.05) is 37.3 Å². The lowest BCUT2D eigenvalue weighted by Crippen LogP contribution is -2.37. The van der Waals surface area contributed by atoms with Crippen molar-refractivity contribution in [2.45, 2.75) is 13.3 Å². The summed E-state index contributed by atoms with van der Waals surface area (Å²) in [6, 6.07) is 13.3. The van der Waals surface area contributed by atoms with Gasteiger partial charge in [-0.25, -0.2) is 4.39 Å². The summed E-state index contributed by atoms with van der Waals surface area (Å²) < 4.78 is 18.1. The number of halogens is 2. The minimum atomic E-state index is -0.0112. The molecule has 6 heteroatoms. The van der Waals surface area contributed by atoms with Crippen molar-refractivity contribution < 1.29 is 13.9 Å². The van der Waals surface area contributed by atoms with Crippen LogP contribution < -0.4 is 15.4 Å². The van der Waals surface area contributed by atoms with Crippen LogP contribution in [0.3, 0.4) is 0 Å². The summed E-state index contributed by atoms with van der Waals surface area (Å²) in [5, 5.41) is 0. The predicted octanol–water partition coefficient (Wildman–Crippen LogP) is 3.81. The monoisotopic (exact) mass is 376 g/mol. The van der Waals surface area contributed by atoms with Crippen LogP contribution >= 0.6 is 12.4 Å². The van der Waals surface area contributed by atoms with Crippen LogP contribution in [0, 0.1) is 6.92 Å². The number of carbonyl (C=O) groups is 1. The van der Waals surface area contributed by atoms with Gasteiger partial charge in [0.2, 0.25) is 0 Å². The minimum Gasteiger partial charge on any atom is -0.489 e. The number of fused-ring (bicyclic) bond motifs is 1.